The molecule has 4 nitrogen and oxygen atoms in total. The van der Waals surface area contributed by atoms with Gasteiger partial charge in [-0.3, -0.25) is 0 Å². The van der Waals surface area contributed by atoms with Crippen LogP contribution in [0.4, 0.5) is 19.0 Å². The van der Waals surface area contributed by atoms with E-state index in [9.17, 15) is 13.2 Å². The van der Waals surface area contributed by atoms with Crippen LogP contribution < -0.4 is 10.6 Å². The minimum Gasteiger partial charge on any atom is -0.355 e. The highest BCUT2D eigenvalue weighted by Gasteiger charge is 2.34. The molecule has 2 heterocycles. The molecule has 0 aromatic carbocycles. The van der Waals surface area contributed by atoms with E-state index in [1.54, 1.807) is 4.90 Å². The summed E-state index contributed by atoms with van der Waals surface area (Å²) in [5.74, 6) is 0.724. The second-order valence-electron chi connectivity index (χ2n) is 5.38. The Morgan fingerprint density at radius 2 is 2.19 bits per heavy atom. The van der Waals surface area contributed by atoms with Crippen molar-refractivity contribution in [3.63, 3.8) is 0 Å². The van der Waals surface area contributed by atoms with Gasteiger partial charge in [-0.1, -0.05) is 6.92 Å². The van der Waals surface area contributed by atoms with E-state index in [2.05, 4.69) is 11.9 Å². The van der Waals surface area contributed by atoms with Gasteiger partial charge in [0.05, 0.1) is 5.56 Å². The van der Waals surface area contributed by atoms with E-state index in [0.29, 0.717) is 25.6 Å². The molecule has 0 bridgehead atoms. The molecule has 7 heteroatoms. The molecular formula is C14H17F3N4. The van der Waals surface area contributed by atoms with Crippen molar-refractivity contribution >= 4 is 5.82 Å². The second kappa shape index (κ2) is 5.90. The average Bonchev–Trinajstić information content (AvgIpc) is 2.46. The first-order valence-corrected chi connectivity index (χ1v) is 6.80. The summed E-state index contributed by atoms with van der Waals surface area (Å²) in [6, 6.07) is 3.94. The molecule has 114 valence electrons. The van der Waals surface area contributed by atoms with Crippen molar-refractivity contribution < 1.29 is 13.2 Å². The van der Waals surface area contributed by atoms with E-state index in [1.165, 1.54) is 6.07 Å². The lowest BCUT2D eigenvalue weighted by atomic mass is 9.87. The summed E-state index contributed by atoms with van der Waals surface area (Å²) in [5.41, 5.74) is 4.90. The zero-order chi connectivity index (χ0) is 15.6. The summed E-state index contributed by atoms with van der Waals surface area (Å²) in [7, 11) is 0. The molecule has 0 aliphatic carbocycles. The fraction of sp³-hybridized carbons (Fsp3) is 0.571. The molecule has 0 saturated carbocycles. The first kappa shape index (κ1) is 15.6. The van der Waals surface area contributed by atoms with Gasteiger partial charge in [0.25, 0.3) is 0 Å². The van der Waals surface area contributed by atoms with Crippen LogP contribution in [-0.4, -0.2) is 24.6 Å². The van der Waals surface area contributed by atoms with E-state index in [4.69, 9.17) is 11.0 Å². The molecule has 1 aromatic heterocycles. The molecule has 0 spiro atoms. The van der Waals surface area contributed by atoms with Crippen molar-refractivity contribution in [1.29, 1.82) is 5.26 Å². The number of pyridine rings is 1. The maximum absolute atomic E-state index is 12.8. The summed E-state index contributed by atoms with van der Waals surface area (Å²) in [6.07, 6.45) is -3.69. The maximum atomic E-state index is 12.8. The largest absolute Gasteiger partial charge is 0.433 e. The molecule has 1 aliphatic rings. The Kier molecular flexibility index (Phi) is 4.37. The average molecular weight is 298 g/mol. The van der Waals surface area contributed by atoms with Crippen LogP contribution in [0, 0.1) is 23.2 Å². The van der Waals surface area contributed by atoms with Gasteiger partial charge < -0.3 is 10.6 Å². The molecule has 1 aliphatic heterocycles. The highest BCUT2D eigenvalue weighted by atomic mass is 19.4. The molecule has 2 rings (SSSR count). The second-order valence-corrected chi connectivity index (χ2v) is 5.38. The van der Waals surface area contributed by atoms with E-state index < -0.39 is 11.9 Å². The standard InChI is InChI=1S/C14H17F3N4/c1-9-4-5-21(8-11(9)7-19)13-10(6-18)2-3-12(20-13)14(15,16)17/h2-3,9,11H,4-5,7-8,19H2,1H3. The molecule has 2 N–H and O–H groups in total. The maximum Gasteiger partial charge on any atom is 0.433 e. The normalized spacial score (nSPS) is 23.0. The lowest BCUT2D eigenvalue weighted by Gasteiger charge is -2.37. The zero-order valence-corrected chi connectivity index (χ0v) is 11.7. The topological polar surface area (TPSA) is 65.9 Å². The zero-order valence-electron chi connectivity index (χ0n) is 11.7. The van der Waals surface area contributed by atoms with Gasteiger partial charge in [-0.25, -0.2) is 4.98 Å². The number of nitriles is 1. The number of anilines is 1. The third-order valence-electron chi connectivity index (χ3n) is 4.00. The van der Waals surface area contributed by atoms with Crippen LogP contribution in [0.5, 0.6) is 0 Å². The predicted molar refractivity (Wildman–Crippen MR) is 72.5 cm³/mol. The number of alkyl halides is 3. The van der Waals surface area contributed by atoms with Gasteiger partial charge in [0, 0.05) is 13.1 Å². The number of rotatable bonds is 2. The van der Waals surface area contributed by atoms with E-state index in [1.807, 2.05) is 6.07 Å². The molecule has 21 heavy (non-hydrogen) atoms. The van der Waals surface area contributed by atoms with Crippen molar-refractivity contribution in [3.8, 4) is 6.07 Å². The minimum absolute atomic E-state index is 0.109. The number of hydrogen-bond acceptors (Lipinski definition) is 4. The lowest BCUT2D eigenvalue weighted by Crippen LogP contribution is -2.43. The third-order valence-corrected chi connectivity index (χ3v) is 4.00. The monoisotopic (exact) mass is 298 g/mol. The van der Waals surface area contributed by atoms with E-state index in [0.717, 1.165) is 12.5 Å². The number of hydrogen-bond donors (Lipinski definition) is 1. The van der Waals surface area contributed by atoms with Crippen LogP contribution in [0.25, 0.3) is 0 Å². The van der Waals surface area contributed by atoms with Gasteiger partial charge in [-0.05, 0) is 36.9 Å². The number of piperidine rings is 1. The molecule has 0 amide bonds. The number of halogens is 3. The Morgan fingerprint density at radius 3 is 2.76 bits per heavy atom. The third kappa shape index (κ3) is 3.27. The van der Waals surface area contributed by atoms with Crippen molar-refractivity contribution in [3.05, 3.63) is 23.4 Å². The quantitative estimate of drug-likeness (QED) is 0.910. The Hall–Kier alpha value is -1.81. The lowest BCUT2D eigenvalue weighted by molar-refractivity contribution is -0.141. The van der Waals surface area contributed by atoms with Gasteiger partial charge in [-0.2, -0.15) is 18.4 Å². The first-order valence-electron chi connectivity index (χ1n) is 6.80. The van der Waals surface area contributed by atoms with Crippen LogP contribution in [0.1, 0.15) is 24.6 Å². The van der Waals surface area contributed by atoms with Crippen LogP contribution in [0.3, 0.4) is 0 Å². The van der Waals surface area contributed by atoms with Crippen LogP contribution in [0.15, 0.2) is 12.1 Å². The molecule has 2 atom stereocenters. The van der Waals surface area contributed by atoms with Crippen molar-refractivity contribution in [2.24, 2.45) is 17.6 Å². The number of nitrogens with zero attached hydrogens (tertiary/aromatic N) is 3. The molecular weight excluding hydrogens is 281 g/mol. The predicted octanol–water partition coefficient (Wildman–Crippen LogP) is 2.39. The Labute approximate surface area is 121 Å². The summed E-state index contributed by atoms with van der Waals surface area (Å²) >= 11 is 0. The molecule has 1 saturated heterocycles. The highest BCUT2D eigenvalue weighted by molar-refractivity contribution is 5.55. The molecule has 1 aromatic rings. The summed E-state index contributed by atoms with van der Waals surface area (Å²) in [6.45, 7) is 3.67. The van der Waals surface area contributed by atoms with Crippen molar-refractivity contribution in [2.45, 2.75) is 19.5 Å². The summed E-state index contributed by atoms with van der Waals surface area (Å²) in [5, 5.41) is 9.10. The SMILES string of the molecule is CC1CCN(c2nc(C(F)(F)F)ccc2C#N)CC1CN. The number of aromatic nitrogens is 1. The molecule has 0 radical (unpaired) electrons. The van der Waals surface area contributed by atoms with E-state index in [-0.39, 0.29) is 17.3 Å². The van der Waals surface area contributed by atoms with Gasteiger partial charge in [0.1, 0.15) is 17.6 Å². The van der Waals surface area contributed by atoms with Crippen LogP contribution in [0.2, 0.25) is 0 Å². The Morgan fingerprint density at radius 1 is 1.48 bits per heavy atom. The number of nitrogens with two attached hydrogens (primary N) is 1. The van der Waals surface area contributed by atoms with Gasteiger partial charge in [0.15, 0.2) is 0 Å². The smallest absolute Gasteiger partial charge is 0.355 e. The first-order chi connectivity index (χ1) is 9.86. The molecule has 1 fully saturated rings. The van der Waals surface area contributed by atoms with E-state index >= 15 is 0 Å². The highest BCUT2D eigenvalue weighted by Crippen LogP contribution is 2.32. The fourth-order valence-electron chi connectivity index (χ4n) is 2.58. The van der Waals surface area contributed by atoms with Gasteiger partial charge >= 0.3 is 6.18 Å². The Balaban J connectivity index is 2.36. The fourth-order valence-corrected chi connectivity index (χ4v) is 2.58. The van der Waals surface area contributed by atoms with Crippen LogP contribution >= 0.6 is 0 Å². The summed E-state index contributed by atoms with van der Waals surface area (Å²) in [4.78, 5) is 5.41. The van der Waals surface area contributed by atoms with Crippen molar-refractivity contribution in [2.75, 3.05) is 24.5 Å². The van der Waals surface area contributed by atoms with Gasteiger partial charge in [0.2, 0.25) is 0 Å². The molecule has 2 unspecified atom stereocenters. The van der Waals surface area contributed by atoms with Gasteiger partial charge in [-0.15, -0.1) is 0 Å². The summed E-state index contributed by atoms with van der Waals surface area (Å²) < 4.78 is 38.4. The van der Waals surface area contributed by atoms with Crippen LogP contribution in [-0.2, 0) is 6.18 Å². The Bertz CT molecular complexity index is 550. The van der Waals surface area contributed by atoms with Crippen molar-refractivity contribution in [1.82, 2.24) is 4.98 Å². The minimum atomic E-state index is -4.51.